The molecular formula is C15H11F3O3. The standard InChI is InChI=1S/C15H11F3O3/c1-10(19)20-13-6-2-11(3-7-13)12-4-8-14(9-5-12)21-15(16,17)18/h2-9H,1H3. The third-order valence-electron chi connectivity index (χ3n) is 2.54. The molecule has 0 N–H and O–H groups in total. The van der Waals surface area contributed by atoms with E-state index < -0.39 is 12.3 Å². The topological polar surface area (TPSA) is 35.5 Å². The highest BCUT2D eigenvalue weighted by Gasteiger charge is 2.30. The minimum Gasteiger partial charge on any atom is -0.427 e. The van der Waals surface area contributed by atoms with Gasteiger partial charge in [0.15, 0.2) is 0 Å². The van der Waals surface area contributed by atoms with Gasteiger partial charge in [-0.1, -0.05) is 24.3 Å². The van der Waals surface area contributed by atoms with Gasteiger partial charge in [-0.2, -0.15) is 0 Å². The lowest BCUT2D eigenvalue weighted by molar-refractivity contribution is -0.274. The Labute approximate surface area is 118 Å². The average Bonchev–Trinajstić information content (AvgIpc) is 2.38. The highest BCUT2D eigenvalue weighted by Crippen LogP contribution is 2.27. The first-order chi connectivity index (χ1) is 9.83. The van der Waals surface area contributed by atoms with Gasteiger partial charge in [-0.25, -0.2) is 0 Å². The maximum atomic E-state index is 12.0. The number of alkyl halides is 3. The summed E-state index contributed by atoms with van der Waals surface area (Å²) in [6.07, 6.45) is -4.70. The van der Waals surface area contributed by atoms with Gasteiger partial charge < -0.3 is 9.47 Å². The summed E-state index contributed by atoms with van der Waals surface area (Å²) < 4.78 is 44.8. The van der Waals surface area contributed by atoms with Crippen molar-refractivity contribution in [1.82, 2.24) is 0 Å². The lowest BCUT2D eigenvalue weighted by Crippen LogP contribution is -2.16. The molecule has 0 aliphatic heterocycles. The molecule has 0 fully saturated rings. The van der Waals surface area contributed by atoms with Crippen molar-refractivity contribution >= 4 is 5.97 Å². The van der Waals surface area contributed by atoms with Gasteiger partial charge in [0.25, 0.3) is 0 Å². The molecule has 0 aliphatic carbocycles. The quantitative estimate of drug-likeness (QED) is 0.629. The van der Waals surface area contributed by atoms with E-state index in [0.29, 0.717) is 5.75 Å². The molecule has 0 unspecified atom stereocenters. The van der Waals surface area contributed by atoms with Crippen molar-refractivity contribution in [3.63, 3.8) is 0 Å². The smallest absolute Gasteiger partial charge is 0.427 e. The van der Waals surface area contributed by atoms with Gasteiger partial charge in [0.1, 0.15) is 11.5 Å². The van der Waals surface area contributed by atoms with Gasteiger partial charge in [0.05, 0.1) is 0 Å². The number of halogens is 3. The highest BCUT2D eigenvalue weighted by molar-refractivity contribution is 5.70. The van der Waals surface area contributed by atoms with E-state index in [9.17, 15) is 18.0 Å². The third-order valence-corrected chi connectivity index (χ3v) is 2.54. The van der Waals surface area contributed by atoms with E-state index in [1.54, 1.807) is 24.3 Å². The average molecular weight is 296 g/mol. The Balaban J connectivity index is 2.13. The van der Waals surface area contributed by atoms with Crippen molar-refractivity contribution in [2.75, 3.05) is 0 Å². The van der Waals surface area contributed by atoms with Gasteiger partial charge >= 0.3 is 12.3 Å². The van der Waals surface area contributed by atoms with Crippen LogP contribution in [0.3, 0.4) is 0 Å². The molecule has 21 heavy (non-hydrogen) atoms. The molecule has 0 radical (unpaired) electrons. The van der Waals surface area contributed by atoms with E-state index in [1.165, 1.54) is 31.2 Å². The zero-order valence-electron chi connectivity index (χ0n) is 11.0. The number of esters is 1. The fraction of sp³-hybridized carbons (Fsp3) is 0.133. The molecule has 0 spiro atoms. The van der Waals surface area contributed by atoms with E-state index >= 15 is 0 Å². The third kappa shape index (κ3) is 4.52. The summed E-state index contributed by atoms with van der Waals surface area (Å²) in [6, 6.07) is 12.1. The van der Waals surface area contributed by atoms with Gasteiger partial charge in [-0.3, -0.25) is 4.79 Å². The summed E-state index contributed by atoms with van der Waals surface area (Å²) >= 11 is 0. The number of ether oxygens (including phenoxy) is 2. The van der Waals surface area contributed by atoms with E-state index in [-0.39, 0.29) is 5.75 Å². The Kier molecular flexibility index (Phi) is 4.16. The fourth-order valence-corrected chi connectivity index (χ4v) is 1.73. The van der Waals surface area contributed by atoms with E-state index in [2.05, 4.69) is 4.74 Å². The Bertz CT molecular complexity index is 616. The van der Waals surface area contributed by atoms with Crippen LogP contribution in [0.25, 0.3) is 11.1 Å². The zero-order valence-corrected chi connectivity index (χ0v) is 11.0. The van der Waals surface area contributed by atoms with Crippen LogP contribution in [0.4, 0.5) is 13.2 Å². The minimum atomic E-state index is -4.70. The molecular weight excluding hydrogens is 285 g/mol. The number of benzene rings is 2. The summed E-state index contributed by atoms with van der Waals surface area (Å²) in [5.41, 5.74) is 1.50. The molecule has 0 amide bonds. The van der Waals surface area contributed by atoms with Gasteiger partial charge in [-0.05, 0) is 35.4 Å². The lowest BCUT2D eigenvalue weighted by atomic mass is 10.1. The van der Waals surface area contributed by atoms with Crippen molar-refractivity contribution in [1.29, 1.82) is 0 Å². The largest absolute Gasteiger partial charge is 0.573 e. The van der Waals surface area contributed by atoms with E-state index in [1.807, 2.05) is 0 Å². The molecule has 0 saturated carbocycles. The lowest BCUT2D eigenvalue weighted by Gasteiger charge is -2.09. The van der Waals surface area contributed by atoms with Crippen molar-refractivity contribution in [3.05, 3.63) is 48.5 Å². The van der Waals surface area contributed by atoms with Crippen LogP contribution in [0.2, 0.25) is 0 Å². The Morgan fingerprint density at radius 1 is 0.857 bits per heavy atom. The van der Waals surface area contributed by atoms with Crippen LogP contribution in [0.1, 0.15) is 6.92 Å². The molecule has 0 aromatic heterocycles. The van der Waals surface area contributed by atoms with Crippen molar-refractivity contribution < 1.29 is 27.4 Å². The molecule has 0 atom stereocenters. The molecule has 0 bridgehead atoms. The first-order valence-corrected chi connectivity index (χ1v) is 5.98. The van der Waals surface area contributed by atoms with Crippen LogP contribution in [0.15, 0.2) is 48.5 Å². The van der Waals surface area contributed by atoms with Crippen LogP contribution in [-0.2, 0) is 4.79 Å². The van der Waals surface area contributed by atoms with Crippen LogP contribution in [-0.4, -0.2) is 12.3 Å². The predicted molar refractivity (Wildman–Crippen MR) is 69.9 cm³/mol. The zero-order chi connectivity index (χ0) is 15.5. The Hall–Kier alpha value is -2.50. The summed E-state index contributed by atoms with van der Waals surface area (Å²) in [4.78, 5) is 10.8. The number of hydrogen-bond acceptors (Lipinski definition) is 3. The van der Waals surface area contributed by atoms with Gasteiger partial charge in [0, 0.05) is 6.92 Å². The van der Waals surface area contributed by atoms with Crippen LogP contribution < -0.4 is 9.47 Å². The number of carbonyl (C=O) groups is 1. The van der Waals surface area contributed by atoms with Gasteiger partial charge in [0.2, 0.25) is 0 Å². The highest BCUT2D eigenvalue weighted by atomic mass is 19.4. The fourth-order valence-electron chi connectivity index (χ4n) is 1.73. The van der Waals surface area contributed by atoms with E-state index in [0.717, 1.165) is 11.1 Å². The molecule has 2 aromatic carbocycles. The second-order valence-corrected chi connectivity index (χ2v) is 4.19. The van der Waals surface area contributed by atoms with Crippen molar-refractivity contribution in [3.8, 4) is 22.6 Å². The summed E-state index contributed by atoms with van der Waals surface area (Å²) in [5.74, 6) is -0.289. The molecule has 2 rings (SSSR count). The number of carbonyl (C=O) groups excluding carboxylic acids is 1. The molecule has 0 aliphatic rings. The summed E-state index contributed by atoms with van der Waals surface area (Å²) in [5, 5.41) is 0. The van der Waals surface area contributed by atoms with Crippen molar-refractivity contribution in [2.45, 2.75) is 13.3 Å². The number of rotatable bonds is 3. The van der Waals surface area contributed by atoms with Crippen LogP contribution >= 0.6 is 0 Å². The van der Waals surface area contributed by atoms with Gasteiger partial charge in [-0.15, -0.1) is 13.2 Å². The SMILES string of the molecule is CC(=O)Oc1ccc(-c2ccc(OC(F)(F)F)cc2)cc1. The maximum absolute atomic E-state index is 12.0. The second kappa shape index (κ2) is 5.87. The molecule has 3 nitrogen and oxygen atoms in total. The summed E-state index contributed by atoms with van der Waals surface area (Å²) in [7, 11) is 0. The van der Waals surface area contributed by atoms with E-state index in [4.69, 9.17) is 4.74 Å². The normalized spacial score (nSPS) is 11.0. The molecule has 110 valence electrons. The first kappa shape index (κ1) is 14.9. The predicted octanol–water partition coefficient (Wildman–Crippen LogP) is 4.18. The monoisotopic (exact) mass is 296 g/mol. The molecule has 2 aromatic rings. The molecule has 0 saturated heterocycles. The van der Waals surface area contributed by atoms with Crippen molar-refractivity contribution in [2.24, 2.45) is 0 Å². The Morgan fingerprint density at radius 2 is 1.29 bits per heavy atom. The molecule has 0 heterocycles. The Morgan fingerprint density at radius 3 is 1.67 bits per heavy atom. The first-order valence-electron chi connectivity index (χ1n) is 5.98. The van der Waals surface area contributed by atoms with Crippen LogP contribution in [0.5, 0.6) is 11.5 Å². The molecule has 6 heteroatoms. The maximum Gasteiger partial charge on any atom is 0.573 e. The second-order valence-electron chi connectivity index (χ2n) is 4.19. The number of hydrogen-bond donors (Lipinski definition) is 0. The van der Waals surface area contributed by atoms with Crippen LogP contribution in [0, 0.1) is 0 Å². The summed E-state index contributed by atoms with van der Waals surface area (Å²) in [6.45, 7) is 1.30. The minimum absolute atomic E-state index is 0.275.